The number of rotatable bonds is 2. The summed E-state index contributed by atoms with van der Waals surface area (Å²) in [5, 5.41) is 5.53. The second-order valence-corrected chi connectivity index (χ2v) is 8.11. The van der Waals surface area contributed by atoms with Gasteiger partial charge >= 0.3 is 0 Å². The SMILES string of the molecule is Cc1c(-c2cn(S)c3ncc(C4CCC5(CC4)OCCO5)cc23)cnn1C. The van der Waals surface area contributed by atoms with Crippen LogP contribution in [-0.2, 0) is 16.5 Å². The van der Waals surface area contributed by atoms with Gasteiger partial charge in [0, 0.05) is 54.5 Å². The molecule has 0 radical (unpaired) electrons. The van der Waals surface area contributed by atoms with Gasteiger partial charge in [-0.1, -0.05) is 12.8 Å². The molecule has 1 saturated carbocycles. The molecule has 1 saturated heterocycles. The van der Waals surface area contributed by atoms with Gasteiger partial charge in [-0.05, 0) is 37.3 Å². The average Bonchev–Trinajstić information content (AvgIpc) is 3.36. The third-order valence-corrected chi connectivity index (χ3v) is 6.51. The minimum atomic E-state index is -0.319. The molecule has 27 heavy (non-hydrogen) atoms. The Morgan fingerprint density at radius 2 is 1.89 bits per heavy atom. The lowest BCUT2D eigenvalue weighted by atomic mass is 9.81. The fourth-order valence-corrected chi connectivity index (χ4v) is 4.76. The summed E-state index contributed by atoms with van der Waals surface area (Å²) < 4.78 is 15.4. The maximum absolute atomic E-state index is 5.87. The molecule has 3 aromatic heterocycles. The fraction of sp³-hybridized carbons (Fsp3) is 0.500. The average molecular weight is 385 g/mol. The van der Waals surface area contributed by atoms with Gasteiger partial charge in [0.15, 0.2) is 5.79 Å². The second kappa shape index (κ2) is 6.36. The number of hydrogen-bond donors (Lipinski definition) is 1. The van der Waals surface area contributed by atoms with Crippen LogP contribution in [0.4, 0.5) is 0 Å². The highest BCUT2D eigenvalue weighted by Gasteiger charge is 2.40. The summed E-state index contributed by atoms with van der Waals surface area (Å²) >= 11 is 4.57. The predicted molar refractivity (Wildman–Crippen MR) is 107 cm³/mol. The van der Waals surface area contributed by atoms with Crippen LogP contribution < -0.4 is 0 Å². The summed E-state index contributed by atoms with van der Waals surface area (Å²) in [6, 6.07) is 2.29. The first-order valence-electron chi connectivity index (χ1n) is 9.53. The third-order valence-electron chi connectivity index (χ3n) is 6.20. The lowest BCUT2D eigenvalue weighted by Crippen LogP contribution is -2.34. The zero-order valence-corrected chi connectivity index (χ0v) is 16.6. The zero-order chi connectivity index (χ0) is 18.6. The minimum Gasteiger partial charge on any atom is -0.348 e. The van der Waals surface area contributed by atoms with Gasteiger partial charge in [-0.15, -0.1) is 0 Å². The first-order chi connectivity index (χ1) is 13.1. The van der Waals surface area contributed by atoms with Gasteiger partial charge < -0.3 is 9.47 Å². The second-order valence-electron chi connectivity index (χ2n) is 7.68. The van der Waals surface area contributed by atoms with Crippen molar-refractivity contribution in [3.05, 3.63) is 35.9 Å². The Balaban J connectivity index is 1.50. The summed E-state index contributed by atoms with van der Waals surface area (Å²) in [5.74, 6) is 0.173. The molecule has 0 amide bonds. The molecule has 5 rings (SSSR count). The highest BCUT2D eigenvalue weighted by atomic mass is 32.1. The molecule has 1 aliphatic heterocycles. The molecule has 142 valence electrons. The van der Waals surface area contributed by atoms with E-state index in [0.717, 1.165) is 66.8 Å². The van der Waals surface area contributed by atoms with E-state index >= 15 is 0 Å². The Morgan fingerprint density at radius 1 is 1.15 bits per heavy atom. The molecular weight excluding hydrogens is 360 g/mol. The molecule has 0 atom stereocenters. The van der Waals surface area contributed by atoms with E-state index in [0.29, 0.717) is 5.92 Å². The van der Waals surface area contributed by atoms with Crippen LogP contribution in [0.5, 0.6) is 0 Å². The molecule has 0 unspecified atom stereocenters. The van der Waals surface area contributed by atoms with Crippen LogP contribution in [0.3, 0.4) is 0 Å². The Morgan fingerprint density at radius 3 is 2.56 bits per heavy atom. The molecule has 0 bridgehead atoms. The number of aromatic nitrogens is 4. The van der Waals surface area contributed by atoms with Crippen LogP contribution in [-0.4, -0.2) is 37.7 Å². The van der Waals surface area contributed by atoms with E-state index in [1.165, 1.54) is 5.56 Å². The topological polar surface area (TPSA) is 54.1 Å². The molecule has 1 spiro atoms. The van der Waals surface area contributed by atoms with Gasteiger partial charge in [-0.25, -0.2) is 4.98 Å². The fourth-order valence-electron chi connectivity index (χ4n) is 4.49. The van der Waals surface area contributed by atoms with E-state index in [9.17, 15) is 0 Å². The van der Waals surface area contributed by atoms with Crippen molar-refractivity contribution in [2.45, 2.75) is 44.3 Å². The van der Waals surface area contributed by atoms with Crippen molar-refractivity contribution in [1.82, 2.24) is 18.7 Å². The van der Waals surface area contributed by atoms with Gasteiger partial charge in [-0.2, -0.15) is 5.10 Å². The number of nitrogens with zero attached hydrogens (tertiary/aromatic N) is 4. The summed E-state index contributed by atoms with van der Waals surface area (Å²) in [7, 11) is 1.97. The number of thiol groups is 1. The first-order valence-corrected chi connectivity index (χ1v) is 9.93. The molecule has 0 N–H and O–H groups in total. The molecular formula is C20H24N4O2S. The van der Waals surface area contributed by atoms with Gasteiger partial charge in [0.25, 0.3) is 0 Å². The lowest BCUT2D eigenvalue weighted by molar-refractivity contribution is -0.178. The van der Waals surface area contributed by atoms with E-state index in [-0.39, 0.29) is 5.79 Å². The van der Waals surface area contributed by atoms with Crippen molar-refractivity contribution >= 4 is 23.8 Å². The zero-order valence-electron chi connectivity index (χ0n) is 15.7. The van der Waals surface area contributed by atoms with Gasteiger partial charge in [0.05, 0.1) is 19.4 Å². The Kier molecular flexibility index (Phi) is 4.07. The molecule has 1 aliphatic carbocycles. The van der Waals surface area contributed by atoms with Crippen molar-refractivity contribution in [3.8, 4) is 11.1 Å². The van der Waals surface area contributed by atoms with Crippen molar-refractivity contribution in [1.29, 1.82) is 0 Å². The standard InChI is InChI=1S/C20H24N4O2S/c1-13-17(11-22-23(13)2)18-12-24(27)19-16(18)9-15(10-21-19)14-3-5-20(6-4-14)25-7-8-26-20/h9-12,14,27H,3-8H2,1-2H3. The van der Waals surface area contributed by atoms with Gasteiger partial charge in [0.2, 0.25) is 0 Å². The van der Waals surface area contributed by atoms with E-state index in [1.54, 1.807) is 3.97 Å². The first kappa shape index (κ1) is 17.3. The van der Waals surface area contributed by atoms with Crippen molar-refractivity contribution in [3.63, 3.8) is 0 Å². The number of fused-ring (bicyclic) bond motifs is 1. The molecule has 6 nitrogen and oxygen atoms in total. The summed E-state index contributed by atoms with van der Waals surface area (Å²) in [6.45, 7) is 3.53. The Labute approximate surface area is 164 Å². The third kappa shape index (κ3) is 2.80. The Hall–Kier alpha value is -1.83. The van der Waals surface area contributed by atoms with Crippen LogP contribution in [0.25, 0.3) is 22.2 Å². The molecule has 4 heterocycles. The van der Waals surface area contributed by atoms with E-state index in [1.807, 2.05) is 30.3 Å². The normalized spacial score (nSPS) is 20.1. The Bertz CT molecular complexity index is 993. The maximum Gasteiger partial charge on any atom is 0.168 e. The molecule has 2 fully saturated rings. The van der Waals surface area contributed by atoms with Crippen LogP contribution in [0.15, 0.2) is 24.7 Å². The monoisotopic (exact) mass is 384 g/mol. The summed E-state index contributed by atoms with van der Waals surface area (Å²) in [6.07, 6.45) is 10.0. The highest BCUT2D eigenvalue weighted by molar-refractivity contribution is 7.78. The number of hydrogen-bond acceptors (Lipinski definition) is 5. The largest absolute Gasteiger partial charge is 0.348 e. The minimum absolute atomic E-state index is 0.319. The van der Waals surface area contributed by atoms with E-state index in [4.69, 9.17) is 14.5 Å². The quantitative estimate of drug-likeness (QED) is 0.682. The van der Waals surface area contributed by atoms with Crippen LogP contribution >= 0.6 is 12.8 Å². The smallest absolute Gasteiger partial charge is 0.168 e. The van der Waals surface area contributed by atoms with Gasteiger partial charge in [-0.3, -0.25) is 8.65 Å². The van der Waals surface area contributed by atoms with Crippen molar-refractivity contribution in [2.75, 3.05) is 13.2 Å². The van der Waals surface area contributed by atoms with Gasteiger partial charge in [0.1, 0.15) is 5.65 Å². The molecule has 3 aromatic rings. The summed E-state index contributed by atoms with van der Waals surface area (Å²) in [5.41, 5.74) is 5.57. The lowest BCUT2D eigenvalue weighted by Gasteiger charge is -2.35. The highest BCUT2D eigenvalue weighted by Crippen LogP contribution is 2.43. The molecule has 7 heteroatoms. The number of pyridine rings is 1. The predicted octanol–water partition coefficient (Wildman–Crippen LogP) is 3.84. The van der Waals surface area contributed by atoms with E-state index in [2.05, 4.69) is 30.9 Å². The van der Waals surface area contributed by atoms with Crippen molar-refractivity contribution < 1.29 is 9.47 Å². The van der Waals surface area contributed by atoms with Crippen molar-refractivity contribution in [2.24, 2.45) is 7.05 Å². The molecule has 2 aliphatic rings. The maximum atomic E-state index is 5.87. The van der Waals surface area contributed by atoms with Crippen LogP contribution in [0.2, 0.25) is 0 Å². The van der Waals surface area contributed by atoms with E-state index < -0.39 is 0 Å². The molecule has 0 aromatic carbocycles. The number of aryl methyl sites for hydroxylation is 1. The number of ether oxygens (including phenoxy) is 2. The van der Waals surface area contributed by atoms with Crippen LogP contribution in [0, 0.1) is 6.92 Å². The van der Waals surface area contributed by atoms with Crippen LogP contribution in [0.1, 0.15) is 42.9 Å². The summed E-state index contributed by atoms with van der Waals surface area (Å²) in [4.78, 5) is 4.72.